The van der Waals surface area contributed by atoms with Crippen LogP contribution < -0.4 is 20.1 Å². The van der Waals surface area contributed by atoms with Crippen LogP contribution in [0.4, 0.5) is 17.1 Å². The molecule has 1 aliphatic heterocycles. The van der Waals surface area contributed by atoms with Crippen LogP contribution in [0.5, 0.6) is 11.5 Å². The van der Waals surface area contributed by atoms with Crippen molar-refractivity contribution in [3.05, 3.63) is 82.4 Å². The molecule has 10 heteroatoms. The zero-order valence-corrected chi connectivity index (χ0v) is 19.0. The quantitative estimate of drug-likeness (QED) is 0.262. The maximum absolute atomic E-state index is 12.9. The third-order valence-electron chi connectivity index (χ3n) is 4.99. The van der Waals surface area contributed by atoms with Crippen LogP contribution >= 0.6 is 11.8 Å². The molecule has 9 nitrogen and oxygen atoms in total. The number of fused-ring (bicyclic) bond motifs is 1. The average Bonchev–Trinajstić information content (AvgIpc) is 3.30. The minimum atomic E-state index is -0.548. The van der Waals surface area contributed by atoms with E-state index in [4.69, 9.17) is 9.47 Å². The van der Waals surface area contributed by atoms with Crippen molar-refractivity contribution in [2.75, 3.05) is 17.4 Å². The van der Waals surface area contributed by atoms with Crippen LogP contribution in [0.25, 0.3) is 0 Å². The van der Waals surface area contributed by atoms with Gasteiger partial charge in [-0.15, -0.1) is 11.8 Å². The van der Waals surface area contributed by atoms with Gasteiger partial charge < -0.3 is 20.1 Å². The molecule has 0 spiro atoms. The van der Waals surface area contributed by atoms with E-state index in [-0.39, 0.29) is 29.2 Å². The van der Waals surface area contributed by atoms with Crippen LogP contribution in [-0.2, 0) is 4.79 Å². The summed E-state index contributed by atoms with van der Waals surface area (Å²) in [7, 11) is 0. The number of ether oxygens (including phenoxy) is 2. The molecule has 1 heterocycles. The first-order valence-corrected chi connectivity index (χ1v) is 11.3. The molecule has 0 fully saturated rings. The molecular formula is C24H21N3O6S. The maximum atomic E-state index is 12.9. The van der Waals surface area contributed by atoms with Gasteiger partial charge >= 0.3 is 0 Å². The zero-order chi connectivity index (χ0) is 24.1. The summed E-state index contributed by atoms with van der Waals surface area (Å²) in [4.78, 5) is 36.6. The van der Waals surface area contributed by atoms with E-state index in [0.29, 0.717) is 29.3 Å². The predicted molar refractivity (Wildman–Crippen MR) is 129 cm³/mol. The summed E-state index contributed by atoms with van der Waals surface area (Å²) in [5, 5.41) is 16.2. The highest BCUT2D eigenvalue weighted by Gasteiger charge is 2.20. The Labute approximate surface area is 199 Å². The summed E-state index contributed by atoms with van der Waals surface area (Å²) in [6, 6.07) is 17.9. The number of hydrogen-bond acceptors (Lipinski definition) is 7. The Balaban J connectivity index is 1.41. The Bertz CT molecular complexity index is 1250. The Morgan fingerprint density at radius 2 is 1.76 bits per heavy atom. The number of non-ortho nitro benzene ring substituents is 1. The second-order valence-electron chi connectivity index (χ2n) is 7.36. The van der Waals surface area contributed by atoms with E-state index in [9.17, 15) is 19.7 Å². The molecule has 1 unspecified atom stereocenters. The van der Waals surface area contributed by atoms with Gasteiger partial charge in [0.15, 0.2) is 11.5 Å². The van der Waals surface area contributed by atoms with Gasteiger partial charge in [-0.3, -0.25) is 19.7 Å². The molecule has 1 atom stereocenters. The molecule has 3 aromatic carbocycles. The van der Waals surface area contributed by atoms with Gasteiger partial charge in [-0.2, -0.15) is 0 Å². The third kappa shape index (κ3) is 5.46. The number of carbonyl (C=O) groups is 2. The first-order chi connectivity index (χ1) is 16.4. The van der Waals surface area contributed by atoms with E-state index in [1.165, 1.54) is 36.0 Å². The summed E-state index contributed by atoms with van der Waals surface area (Å²) in [5.41, 5.74) is 1.16. The van der Waals surface area contributed by atoms with E-state index in [0.717, 1.165) is 4.90 Å². The maximum Gasteiger partial charge on any atom is 0.270 e. The van der Waals surface area contributed by atoms with Gasteiger partial charge in [-0.25, -0.2) is 0 Å². The monoisotopic (exact) mass is 479 g/mol. The minimum Gasteiger partial charge on any atom is -0.454 e. The molecule has 0 bridgehead atoms. The van der Waals surface area contributed by atoms with Gasteiger partial charge in [0.05, 0.1) is 10.2 Å². The van der Waals surface area contributed by atoms with E-state index in [2.05, 4.69) is 10.6 Å². The molecule has 4 rings (SSSR count). The largest absolute Gasteiger partial charge is 0.454 e. The number of nitrogens with one attached hydrogen (secondary N) is 2. The number of rotatable bonds is 8. The lowest BCUT2D eigenvalue weighted by Gasteiger charge is -2.16. The van der Waals surface area contributed by atoms with Crippen LogP contribution in [0.3, 0.4) is 0 Å². The van der Waals surface area contributed by atoms with Crippen molar-refractivity contribution in [2.45, 2.75) is 23.5 Å². The van der Waals surface area contributed by atoms with E-state index < -0.39 is 10.8 Å². The Hall–Kier alpha value is -4.05. The van der Waals surface area contributed by atoms with Crippen LogP contribution in [-0.4, -0.2) is 28.8 Å². The second kappa shape index (κ2) is 10.3. The average molecular weight is 480 g/mol. The van der Waals surface area contributed by atoms with Gasteiger partial charge in [0, 0.05) is 40.0 Å². The molecule has 0 saturated carbocycles. The molecule has 0 aromatic heterocycles. The number of nitro benzene ring substituents is 1. The number of carbonyl (C=O) groups excluding carboxylic acids is 2. The van der Waals surface area contributed by atoms with Crippen molar-refractivity contribution in [1.82, 2.24) is 0 Å². The normalized spacial score (nSPS) is 12.6. The zero-order valence-electron chi connectivity index (χ0n) is 18.1. The Morgan fingerprint density at radius 3 is 2.56 bits per heavy atom. The Kier molecular flexibility index (Phi) is 6.98. The number of benzene rings is 3. The van der Waals surface area contributed by atoms with Crippen LogP contribution in [0.15, 0.2) is 71.6 Å². The molecule has 0 radical (unpaired) electrons. The standard InChI is InChI=1S/C24H21N3O6S/c1-2-22(24(29)26-17-9-10-20-21(13-17)33-14-32-20)34-19-8-4-6-16(12-19)25-23(28)15-5-3-7-18(11-15)27(30)31/h3-13,22H,2,14H2,1H3,(H,25,28)(H,26,29). The van der Waals surface area contributed by atoms with E-state index >= 15 is 0 Å². The summed E-state index contributed by atoms with van der Waals surface area (Å²) >= 11 is 1.38. The van der Waals surface area contributed by atoms with Crippen LogP contribution in [0.2, 0.25) is 0 Å². The first-order valence-electron chi connectivity index (χ1n) is 10.5. The number of hydrogen-bond donors (Lipinski definition) is 2. The summed E-state index contributed by atoms with van der Waals surface area (Å²) < 4.78 is 10.6. The minimum absolute atomic E-state index is 0.155. The van der Waals surface area contributed by atoms with Crippen molar-refractivity contribution in [3.8, 4) is 11.5 Å². The SMILES string of the molecule is CCC(Sc1cccc(NC(=O)c2cccc([N+](=O)[O-])c2)c1)C(=O)Nc1ccc2c(c1)OCO2. The molecule has 34 heavy (non-hydrogen) atoms. The molecule has 0 aliphatic carbocycles. The van der Waals surface area contributed by atoms with Crippen molar-refractivity contribution in [1.29, 1.82) is 0 Å². The second-order valence-corrected chi connectivity index (χ2v) is 8.64. The van der Waals surface area contributed by atoms with E-state index in [1.807, 2.05) is 13.0 Å². The number of amides is 2. The van der Waals surface area contributed by atoms with Gasteiger partial charge in [0.2, 0.25) is 12.7 Å². The predicted octanol–water partition coefficient (Wildman–Crippen LogP) is 5.09. The molecule has 2 amide bonds. The van der Waals surface area contributed by atoms with Gasteiger partial charge in [-0.05, 0) is 42.8 Å². The highest BCUT2D eigenvalue weighted by Crippen LogP contribution is 2.35. The number of thioether (sulfide) groups is 1. The topological polar surface area (TPSA) is 120 Å². The molecule has 3 aromatic rings. The van der Waals surface area contributed by atoms with Crippen molar-refractivity contribution in [2.24, 2.45) is 0 Å². The number of nitro groups is 1. The summed E-state index contributed by atoms with van der Waals surface area (Å²) in [6.07, 6.45) is 0.589. The lowest BCUT2D eigenvalue weighted by molar-refractivity contribution is -0.384. The molecule has 1 aliphatic rings. The van der Waals surface area contributed by atoms with Crippen molar-refractivity contribution in [3.63, 3.8) is 0 Å². The lowest BCUT2D eigenvalue weighted by Crippen LogP contribution is -2.24. The van der Waals surface area contributed by atoms with Gasteiger partial charge in [0.1, 0.15) is 0 Å². The molecule has 2 N–H and O–H groups in total. The highest BCUT2D eigenvalue weighted by molar-refractivity contribution is 8.00. The van der Waals surface area contributed by atoms with Crippen molar-refractivity contribution >= 4 is 40.6 Å². The van der Waals surface area contributed by atoms with Gasteiger partial charge in [-0.1, -0.05) is 19.1 Å². The summed E-state index contributed by atoms with van der Waals surface area (Å²) in [5.74, 6) is 0.616. The number of nitrogens with zero attached hydrogens (tertiary/aromatic N) is 1. The van der Waals surface area contributed by atoms with Crippen LogP contribution in [0, 0.1) is 10.1 Å². The third-order valence-corrected chi connectivity index (χ3v) is 6.35. The van der Waals surface area contributed by atoms with Gasteiger partial charge in [0.25, 0.3) is 11.6 Å². The van der Waals surface area contributed by atoms with E-state index in [1.54, 1.807) is 36.4 Å². The fraction of sp³-hybridized carbons (Fsp3) is 0.167. The smallest absolute Gasteiger partial charge is 0.270 e. The summed E-state index contributed by atoms with van der Waals surface area (Å²) in [6.45, 7) is 2.08. The lowest BCUT2D eigenvalue weighted by atomic mass is 10.2. The van der Waals surface area contributed by atoms with Crippen molar-refractivity contribution < 1.29 is 24.0 Å². The molecule has 174 valence electrons. The first kappa shape index (κ1) is 23.1. The molecule has 0 saturated heterocycles. The Morgan fingerprint density at radius 1 is 1.00 bits per heavy atom. The number of anilines is 2. The highest BCUT2D eigenvalue weighted by atomic mass is 32.2. The van der Waals surface area contributed by atoms with Crippen LogP contribution in [0.1, 0.15) is 23.7 Å². The molecular weight excluding hydrogens is 458 g/mol. The fourth-order valence-electron chi connectivity index (χ4n) is 3.29. The fourth-order valence-corrected chi connectivity index (χ4v) is 4.31.